The third-order valence-electron chi connectivity index (χ3n) is 5.76. The summed E-state index contributed by atoms with van der Waals surface area (Å²) in [4.78, 5) is 19.5. The molecule has 0 aliphatic heterocycles. The Kier molecular flexibility index (Phi) is 9.56. The van der Waals surface area contributed by atoms with Gasteiger partial charge >= 0.3 is 0 Å². The number of aliphatic hydroxyl groups is 2. The lowest BCUT2D eigenvalue weighted by Crippen LogP contribution is -2.40. The average molecular weight is 516 g/mol. The quantitative estimate of drug-likeness (QED) is 0.270. The van der Waals surface area contributed by atoms with E-state index in [1.54, 1.807) is 65.5 Å². The van der Waals surface area contributed by atoms with Crippen molar-refractivity contribution in [2.75, 3.05) is 46.3 Å². The van der Waals surface area contributed by atoms with Crippen molar-refractivity contribution in [3.63, 3.8) is 0 Å². The van der Waals surface area contributed by atoms with Crippen LogP contribution in [-0.4, -0.2) is 83.7 Å². The van der Waals surface area contributed by atoms with E-state index in [1.165, 1.54) is 4.90 Å². The Morgan fingerprint density at radius 3 is 2.19 bits per heavy atom. The highest BCUT2D eigenvalue weighted by molar-refractivity contribution is 5.98. The summed E-state index contributed by atoms with van der Waals surface area (Å²) >= 11 is 0. The summed E-state index contributed by atoms with van der Waals surface area (Å²) in [7, 11) is 4.64. The standard InChI is InChI=1S/C26H37N5O6/c1-16(32)14-30(15-17(2)33)25(34)18-7-8-20-21(11-18)31(10-6-9-27)26(29-20)28-19-12-22(35-3)24(37-5)23(13-19)36-4/h7-8,11-13,16-17,32-33H,6,9-10,14-15,27H2,1-5H3,(H,28,29). The topological polar surface area (TPSA) is 144 Å². The Morgan fingerprint density at radius 1 is 1.05 bits per heavy atom. The molecule has 0 saturated carbocycles. The van der Waals surface area contributed by atoms with Gasteiger partial charge in [-0.2, -0.15) is 0 Å². The number of anilines is 2. The molecular weight excluding hydrogens is 478 g/mol. The van der Waals surface area contributed by atoms with Gasteiger partial charge in [0.1, 0.15) is 0 Å². The Labute approximate surface area is 216 Å². The molecule has 37 heavy (non-hydrogen) atoms. The van der Waals surface area contributed by atoms with Gasteiger partial charge < -0.3 is 44.9 Å². The molecule has 2 atom stereocenters. The third kappa shape index (κ3) is 6.62. The van der Waals surface area contributed by atoms with Crippen LogP contribution in [-0.2, 0) is 6.54 Å². The molecule has 11 nitrogen and oxygen atoms in total. The second kappa shape index (κ2) is 12.6. The molecule has 0 fully saturated rings. The van der Waals surface area contributed by atoms with Gasteiger partial charge in [0.2, 0.25) is 11.7 Å². The fourth-order valence-electron chi connectivity index (χ4n) is 4.17. The lowest BCUT2D eigenvalue weighted by atomic mass is 10.1. The normalized spacial score (nSPS) is 12.8. The van der Waals surface area contributed by atoms with Gasteiger partial charge in [0.05, 0.1) is 44.6 Å². The van der Waals surface area contributed by atoms with E-state index in [4.69, 9.17) is 24.9 Å². The van der Waals surface area contributed by atoms with Crippen LogP contribution in [0.2, 0.25) is 0 Å². The molecule has 1 heterocycles. The van der Waals surface area contributed by atoms with Crippen LogP contribution in [0.25, 0.3) is 11.0 Å². The maximum atomic E-state index is 13.3. The maximum Gasteiger partial charge on any atom is 0.254 e. The lowest BCUT2D eigenvalue weighted by molar-refractivity contribution is 0.0518. The highest BCUT2D eigenvalue weighted by Crippen LogP contribution is 2.40. The fraction of sp³-hybridized carbons (Fsp3) is 0.462. The van der Waals surface area contributed by atoms with Crippen LogP contribution in [0.4, 0.5) is 11.6 Å². The van der Waals surface area contributed by atoms with Crippen molar-refractivity contribution in [3.05, 3.63) is 35.9 Å². The van der Waals surface area contributed by atoms with Crippen molar-refractivity contribution in [1.82, 2.24) is 14.5 Å². The Hall–Kier alpha value is -3.54. The number of aliphatic hydroxyl groups excluding tert-OH is 2. The van der Waals surface area contributed by atoms with E-state index >= 15 is 0 Å². The van der Waals surface area contributed by atoms with Gasteiger partial charge in [-0.3, -0.25) is 4.79 Å². The summed E-state index contributed by atoms with van der Waals surface area (Å²) in [6.07, 6.45) is -0.754. The zero-order valence-corrected chi connectivity index (χ0v) is 22.0. The van der Waals surface area contributed by atoms with E-state index < -0.39 is 12.2 Å². The lowest BCUT2D eigenvalue weighted by Gasteiger charge is -2.25. The zero-order valence-electron chi connectivity index (χ0n) is 22.0. The molecule has 0 saturated heterocycles. The molecule has 1 aromatic heterocycles. The van der Waals surface area contributed by atoms with Gasteiger partial charge in [-0.15, -0.1) is 0 Å². The van der Waals surface area contributed by atoms with Crippen LogP contribution in [0.15, 0.2) is 30.3 Å². The molecule has 1 amide bonds. The molecule has 5 N–H and O–H groups in total. The first kappa shape index (κ1) is 28.0. The molecular formula is C26H37N5O6. The van der Waals surface area contributed by atoms with Crippen LogP contribution in [0.3, 0.4) is 0 Å². The van der Waals surface area contributed by atoms with Crippen molar-refractivity contribution in [2.24, 2.45) is 5.73 Å². The minimum atomic E-state index is -0.726. The number of ether oxygens (including phenoxy) is 3. The number of imidazole rings is 1. The number of nitrogens with two attached hydrogens (primary N) is 1. The summed E-state index contributed by atoms with van der Waals surface area (Å²) < 4.78 is 18.3. The second-order valence-electron chi connectivity index (χ2n) is 8.88. The molecule has 2 unspecified atom stereocenters. The van der Waals surface area contributed by atoms with Crippen LogP contribution in [0.5, 0.6) is 17.2 Å². The number of benzene rings is 2. The summed E-state index contributed by atoms with van der Waals surface area (Å²) in [5.41, 5.74) is 8.36. The summed E-state index contributed by atoms with van der Waals surface area (Å²) in [5.74, 6) is 1.76. The number of rotatable bonds is 13. The molecule has 3 rings (SSSR count). The van der Waals surface area contributed by atoms with Crippen LogP contribution < -0.4 is 25.3 Å². The van der Waals surface area contributed by atoms with Gasteiger partial charge in [-0.05, 0) is 45.0 Å². The first-order valence-corrected chi connectivity index (χ1v) is 12.1. The third-order valence-corrected chi connectivity index (χ3v) is 5.76. The van der Waals surface area contributed by atoms with Crippen molar-refractivity contribution >= 4 is 28.6 Å². The molecule has 0 radical (unpaired) electrons. The largest absolute Gasteiger partial charge is 0.493 e. The number of aromatic nitrogens is 2. The van der Waals surface area contributed by atoms with Gasteiger partial charge in [0.15, 0.2) is 11.5 Å². The molecule has 3 aromatic rings. The molecule has 2 aromatic carbocycles. The first-order chi connectivity index (χ1) is 17.7. The number of nitrogens with one attached hydrogen (secondary N) is 1. The second-order valence-corrected chi connectivity index (χ2v) is 8.88. The van der Waals surface area contributed by atoms with E-state index in [0.717, 1.165) is 5.52 Å². The Balaban J connectivity index is 2.04. The van der Waals surface area contributed by atoms with Crippen molar-refractivity contribution in [2.45, 2.75) is 39.0 Å². The summed E-state index contributed by atoms with van der Waals surface area (Å²) in [6, 6.07) is 8.83. The predicted molar refractivity (Wildman–Crippen MR) is 142 cm³/mol. The SMILES string of the molecule is COc1cc(Nc2nc3ccc(C(=O)N(CC(C)O)CC(C)O)cc3n2CCCN)cc(OC)c1OC. The van der Waals surface area contributed by atoms with E-state index in [-0.39, 0.29) is 19.0 Å². The molecule has 0 aliphatic rings. The molecule has 202 valence electrons. The Morgan fingerprint density at radius 2 is 1.68 bits per heavy atom. The number of fused-ring (bicyclic) bond motifs is 1. The summed E-state index contributed by atoms with van der Waals surface area (Å²) in [6.45, 7) is 4.49. The van der Waals surface area contributed by atoms with Crippen LogP contribution in [0, 0.1) is 0 Å². The average Bonchev–Trinajstić information content (AvgIpc) is 3.21. The van der Waals surface area contributed by atoms with E-state index in [9.17, 15) is 15.0 Å². The van der Waals surface area contributed by atoms with Crippen LogP contribution >= 0.6 is 0 Å². The number of carbonyl (C=O) groups is 1. The monoisotopic (exact) mass is 515 g/mol. The van der Waals surface area contributed by atoms with Gasteiger partial charge in [-0.25, -0.2) is 4.98 Å². The number of hydrogen-bond acceptors (Lipinski definition) is 9. The minimum absolute atomic E-state index is 0.113. The maximum absolute atomic E-state index is 13.3. The van der Waals surface area contributed by atoms with E-state index in [0.29, 0.717) is 59.5 Å². The van der Waals surface area contributed by atoms with E-state index in [2.05, 4.69) is 5.32 Å². The fourth-order valence-corrected chi connectivity index (χ4v) is 4.17. The van der Waals surface area contributed by atoms with Gasteiger partial charge in [0.25, 0.3) is 5.91 Å². The molecule has 0 spiro atoms. The van der Waals surface area contributed by atoms with Gasteiger partial charge in [0, 0.05) is 43.0 Å². The first-order valence-electron chi connectivity index (χ1n) is 12.1. The molecule has 0 bridgehead atoms. The highest BCUT2D eigenvalue weighted by Gasteiger charge is 2.21. The number of amides is 1. The number of hydrogen-bond donors (Lipinski definition) is 4. The Bertz CT molecular complexity index is 1170. The number of nitrogens with zero attached hydrogens (tertiary/aromatic N) is 3. The van der Waals surface area contributed by atoms with Crippen LogP contribution in [0.1, 0.15) is 30.6 Å². The number of methoxy groups -OCH3 is 3. The molecule has 0 aliphatic carbocycles. The van der Waals surface area contributed by atoms with Crippen molar-refractivity contribution in [3.8, 4) is 17.2 Å². The van der Waals surface area contributed by atoms with Gasteiger partial charge in [-0.1, -0.05) is 0 Å². The smallest absolute Gasteiger partial charge is 0.254 e. The van der Waals surface area contributed by atoms with E-state index in [1.807, 2.05) is 4.57 Å². The minimum Gasteiger partial charge on any atom is -0.493 e. The van der Waals surface area contributed by atoms with Crippen molar-refractivity contribution in [1.29, 1.82) is 0 Å². The predicted octanol–water partition coefficient (Wildman–Crippen LogP) is 2.36. The number of aryl methyl sites for hydroxylation is 1. The summed E-state index contributed by atoms with van der Waals surface area (Å²) in [5, 5.41) is 23.0. The zero-order chi connectivity index (χ0) is 27.1. The van der Waals surface area contributed by atoms with Crippen molar-refractivity contribution < 1.29 is 29.2 Å². The molecule has 11 heteroatoms. The highest BCUT2D eigenvalue weighted by atomic mass is 16.5. The number of carbonyl (C=O) groups excluding carboxylic acids is 1.